The van der Waals surface area contributed by atoms with Gasteiger partial charge in [-0.05, 0) is 38.5 Å². The summed E-state index contributed by atoms with van der Waals surface area (Å²) in [5.74, 6) is -1.45. The van der Waals surface area contributed by atoms with Gasteiger partial charge in [-0.15, -0.1) is 0 Å². The molecule has 2 atom stereocenters. The van der Waals surface area contributed by atoms with E-state index < -0.39 is 18.1 Å². The van der Waals surface area contributed by atoms with Crippen molar-refractivity contribution in [2.45, 2.75) is 283 Å². The molecule has 0 saturated carbocycles. The van der Waals surface area contributed by atoms with Crippen molar-refractivity contribution in [3.63, 3.8) is 0 Å². The number of hydrogen-bond donors (Lipinski definition) is 1. The molecule has 0 heterocycles. The van der Waals surface area contributed by atoms with E-state index in [1.54, 1.807) is 0 Å². The van der Waals surface area contributed by atoms with Crippen LogP contribution in [0.25, 0.3) is 0 Å². The van der Waals surface area contributed by atoms with Gasteiger partial charge in [0.05, 0.1) is 34.4 Å². The van der Waals surface area contributed by atoms with E-state index in [9.17, 15) is 19.5 Å². The van der Waals surface area contributed by atoms with Crippen LogP contribution >= 0.6 is 0 Å². The third-order valence-electron chi connectivity index (χ3n) is 12.7. The number of carboxylic acids is 1. The molecule has 0 spiro atoms. The fourth-order valence-corrected chi connectivity index (χ4v) is 8.44. The molecule has 0 saturated heterocycles. The summed E-state index contributed by atoms with van der Waals surface area (Å²) in [5.41, 5.74) is 0. The maximum Gasteiger partial charge on any atom is 0.362 e. The van der Waals surface area contributed by atoms with Gasteiger partial charge in [-0.2, -0.15) is 0 Å². The van der Waals surface area contributed by atoms with Gasteiger partial charge in [0.2, 0.25) is 0 Å². The van der Waals surface area contributed by atoms with Crippen molar-refractivity contribution < 1.29 is 38.2 Å². The maximum absolute atomic E-state index is 12.8. The first-order chi connectivity index (χ1) is 30.6. The lowest BCUT2D eigenvalue weighted by Crippen LogP contribution is -2.50. The highest BCUT2D eigenvalue weighted by Crippen LogP contribution is 2.17. The van der Waals surface area contributed by atoms with Crippen molar-refractivity contribution >= 4 is 17.9 Å². The smallest absolute Gasteiger partial charge is 0.362 e. The first-order valence-corrected chi connectivity index (χ1v) is 27.2. The first-order valence-electron chi connectivity index (χ1n) is 27.2. The Morgan fingerprint density at radius 2 is 0.794 bits per heavy atom. The lowest BCUT2D eigenvalue weighted by Gasteiger charge is -2.31. The number of carbonyl (C=O) groups excluding carboxylic acids is 2. The molecule has 8 heteroatoms. The van der Waals surface area contributed by atoms with Crippen LogP contribution in [0.15, 0.2) is 12.2 Å². The van der Waals surface area contributed by atoms with Crippen LogP contribution in [0.4, 0.5) is 0 Å². The lowest BCUT2D eigenvalue weighted by atomic mass is 10.0. The van der Waals surface area contributed by atoms with Crippen LogP contribution < -0.4 is 0 Å². The highest BCUT2D eigenvalue weighted by atomic mass is 16.6. The monoisotopic (exact) mass is 893 g/mol. The van der Waals surface area contributed by atoms with Crippen LogP contribution in [0.2, 0.25) is 0 Å². The molecule has 1 N–H and O–H groups in total. The number of unbranched alkanes of at least 4 members (excludes halogenated alkanes) is 34. The second-order valence-corrected chi connectivity index (χ2v) is 19.8. The minimum absolute atomic E-state index is 0.0465. The van der Waals surface area contributed by atoms with Crippen LogP contribution in [0.1, 0.15) is 271 Å². The van der Waals surface area contributed by atoms with Gasteiger partial charge >= 0.3 is 17.9 Å². The average Bonchev–Trinajstić information content (AvgIpc) is 3.24. The zero-order chi connectivity index (χ0) is 46.3. The summed E-state index contributed by atoms with van der Waals surface area (Å²) < 4.78 is 17.4. The normalized spacial score (nSPS) is 12.8. The minimum atomic E-state index is -0.870. The van der Waals surface area contributed by atoms with Crippen LogP contribution in [-0.4, -0.2) is 80.6 Å². The predicted octanol–water partition coefficient (Wildman–Crippen LogP) is 15.8. The molecule has 0 bridgehead atoms. The molecule has 0 aliphatic heterocycles. The average molecular weight is 893 g/mol. The number of nitrogens with zero attached hydrogens (tertiary/aromatic N) is 1. The molecule has 63 heavy (non-hydrogen) atoms. The van der Waals surface area contributed by atoms with Gasteiger partial charge < -0.3 is 23.8 Å². The van der Waals surface area contributed by atoms with Gasteiger partial charge in [0.15, 0.2) is 12.1 Å². The molecule has 0 aromatic heterocycles. The van der Waals surface area contributed by atoms with Gasteiger partial charge in [0.1, 0.15) is 6.61 Å². The lowest BCUT2D eigenvalue weighted by molar-refractivity contribution is -0.887. The van der Waals surface area contributed by atoms with E-state index in [2.05, 4.69) is 26.0 Å². The quantitative estimate of drug-likeness (QED) is 0.0281. The van der Waals surface area contributed by atoms with E-state index in [1.165, 1.54) is 199 Å². The number of esters is 2. The van der Waals surface area contributed by atoms with E-state index in [1.807, 2.05) is 21.1 Å². The van der Waals surface area contributed by atoms with Crippen LogP contribution in [0.3, 0.4) is 0 Å². The summed E-state index contributed by atoms with van der Waals surface area (Å²) in [6, 6.07) is -0.612. The summed E-state index contributed by atoms with van der Waals surface area (Å²) in [4.78, 5) is 37.2. The molecular formula is C55H106NO7+. The molecular weight excluding hydrogens is 787 g/mol. The van der Waals surface area contributed by atoms with Crippen LogP contribution in [-0.2, 0) is 28.6 Å². The van der Waals surface area contributed by atoms with Crippen molar-refractivity contribution in [1.82, 2.24) is 0 Å². The third-order valence-corrected chi connectivity index (χ3v) is 12.7. The number of hydrogen-bond acceptors (Lipinski definition) is 6. The van der Waals surface area contributed by atoms with E-state index in [-0.39, 0.29) is 36.2 Å². The van der Waals surface area contributed by atoms with Crippen molar-refractivity contribution in [2.24, 2.45) is 0 Å². The zero-order valence-corrected chi connectivity index (χ0v) is 42.6. The molecule has 0 aromatic carbocycles. The number of carbonyl (C=O) groups is 3. The third kappa shape index (κ3) is 45.0. The molecule has 372 valence electrons. The van der Waals surface area contributed by atoms with Gasteiger partial charge in [0, 0.05) is 19.3 Å². The Labute approximate surface area is 390 Å². The predicted molar refractivity (Wildman–Crippen MR) is 266 cm³/mol. The molecule has 0 amide bonds. The van der Waals surface area contributed by atoms with Gasteiger partial charge in [-0.25, -0.2) is 4.79 Å². The van der Waals surface area contributed by atoms with E-state index in [0.29, 0.717) is 19.3 Å². The number of rotatable bonds is 50. The van der Waals surface area contributed by atoms with E-state index >= 15 is 0 Å². The number of carboxylic acid groups (broad SMARTS) is 1. The van der Waals surface area contributed by atoms with Crippen molar-refractivity contribution in [3.05, 3.63) is 12.2 Å². The summed E-state index contributed by atoms with van der Waals surface area (Å²) >= 11 is 0. The van der Waals surface area contributed by atoms with Crippen molar-refractivity contribution in [3.8, 4) is 0 Å². The van der Waals surface area contributed by atoms with Gasteiger partial charge in [0.25, 0.3) is 0 Å². The number of likely N-dealkylation sites (N-methyl/N-ethyl adjacent to an activating group) is 1. The second kappa shape index (κ2) is 46.6. The molecule has 8 nitrogen and oxygen atoms in total. The standard InChI is InChI=1S/C55H105NO7/c1-6-8-10-12-14-16-18-20-22-24-26-28-29-31-33-35-37-39-41-43-45-53(57)62-50-51(49-61-48-47-52(55(59)60)56(3,4)5)63-54(58)46-44-42-40-38-36-34-32-30-27-25-23-21-19-17-15-13-11-9-7-2/h26,28,51-52H,6-25,27,29-50H2,1-5H3/p+1/b28-26+. The topological polar surface area (TPSA) is 99.1 Å². The van der Waals surface area contributed by atoms with Crippen molar-refractivity contribution in [1.29, 1.82) is 0 Å². The first kappa shape index (κ1) is 61.1. The fourth-order valence-electron chi connectivity index (χ4n) is 8.44. The Morgan fingerprint density at radius 1 is 0.460 bits per heavy atom. The number of aliphatic carboxylic acids is 1. The molecule has 0 rings (SSSR count). The molecule has 2 unspecified atom stereocenters. The Morgan fingerprint density at radius 3 is 1.14 bits per heavy atom. The van der Waals surface area contributed by atoms with Crippen LogP contribution in [0, 0.1) is 0 Å². The highest BCUT2D eigenvalue weighted by Gasteiger charge is 2.31. The molecule has 0 aliphatic carbocycles. The van der Waals surface area contributed by atoms with Gasteiger partial charge in [-0.1, -0.05) is 225 Å². The van der Waals surface area contributed by atoms with E-state index in [4.69, 9.17) is 14.2 Å². The number of allylic oxidation sites excluding steroid dienone is 2. The summed E-state index contributed by atoms with van der Waals surface area (Å²) in [6.07, 6.45) is 52.6. The fraction of sp³-hybridized carbons (Fsp3) is 0.909. The molecule has 0 fully saturated rings. The van der Waals surface area contributed by atoms with Crippen molar-refractivity contribution in [2.75, 3.05) is 41.0 Å². The summed E-state index contributed by atoms with van der Waals surface area (Å²) in [5, 5.41) is 9.66. The Bertz CT molecular complexity index is 1040. The number of ether oxygens (including phenoxy) is 3. The Kier molecular flexibility index (Phi) is 45.2. The summed E-state index contributed by atoms with van der Waals surface area (Å²) in [7, 11) is 5.55. The maximum atomic E-state index is 12.8. The molecule has 0 aromatic rings. The second-order valence-electron chi connectivity index (χ2n) is 19.8. The largest absolute Gasteiger partial charge is 0.477 e. The van der Waals surface area contributed by atoms with E-state index in [0.717, 1.165) is 38.5 Å². The van der Waals surface area contributed by atoms with Crippen LogP contribution in [0.5, 0.6) is 0 Å². The Balaban J connectivity index is 4.18. The zero-order valence-electron chi connectivity index (χ0n) is 42.6. The summed E-state index contributed by atoms with van der Waals surface area (Å²) in [6.45, 7) is 4.79. The number of quaternary nitrogens is 1. The SMILES string of the molecule is CCCCCCCCCCC/C=C/CCCCCCCCCC(=O)OCC(COCCC(C(=O)O)[N+](C)(C)C)OC(=O)CCCCCCCCCCCCCCCCCCCCC. The minimum Gasteiger partial charge on any atom is -0.477 e. The molecule has 0 radical (unpaired) electrons. The molecule has 0 aliphatic rings. The van der Waals surface area contributed by atoms with Gasteiger partial charge in [-0.3, -0.25) is 9.59 Å². The Hall–Kier alpha value is -1.93. The highest BCUT2D eigenvalue weighted by molar-refractivity contribution is 5.72.